The maximum atomic E-state index is 6.06. The predicted molar refractivity (Wildman–Crippen MR) is 58.9 cm³/mol. The van der Waals surface area contributed by atoms with Crippen LogP contribution in [0.1, 0.15) is 0 Å². The van der Waals surface area contributed by atoms with E-state index in [0.29, 0.717) is 10.2 Å². The smallest absolute Gasteiger partial charge is 0.187 e. The van der Waals surface area contributed by atoms with Crippen molar-refractivity contribution in [2.45, 2.75) is 14.4 Å². The lowest BCUT2D eigenvalue weighted by atomic mass is 9.20. The Kier molecular flexibility index (Phi) is 0.922. The molecule has 15 heavy (non-hydrogen) atoms. The van der Waals surface area contributed by atoms with Gasteiger partial charge < -0.3 is 9.47 Å². The molecule has 7 aliphatic rings. The molecular weight excluding hydrogens is 324 g/mol. The Morgan fingerprint density at radius 3 is 1.87 bits per heavy atom. The van der Waals surface area contributed by atoms with E-state index in [1.165, 1.54) is 0 Å². The second kappa shape index (κ2) is 1.72. The van der Waals surface area contributed by atoms with E-state index in [1.807, 2.05) is 0 Å². The molecule has 7 fully saturated rings. The topological polar surface area (TPSA) is 18.5 Å². The van der Waals surface area contributed by atoms with Gasteiger partial charge in [-0.3, -0.25) is 0 Å². The van der Waals surface area contributed by atoms with Gasteiger partial charge in [0.2, 0.25) is 0 Å². The van der Waals surface area contributed by atoms with Gasteiger partial charge in [-0.25, -0.2) is 0 Å². The van der Waals surface area contributed by atoms with Gasteiger partial charge in [-0.05, 0) is 29.6 Å². The summed E-state index contributed by atoms with van der Waals surface area (Å²) in [7, 11) is 0. The van der Waals surface area contributed by atoms with Crippen LogP contribution in [0.2, 0.25) is 0 Å². The summed E-state index contributed by atoms with van der Waals surface area (Å²) in [5.74, 6) is 4.78. The molecule has 0 radical (unpaired) electrons. The minimum Gasteiger partial charge on any atom is -0.346 e. The fourth-order valence-corrected chi connectivity index (χ4v) is 9.83. The van der Waals surface area contributed by atoms with Crippen LogP contribution in [0.5, 0.6) is 0 Å². The van der Waals surface area contributed by atoms with Gasteiger partial charge in [0, 0.05) is 10.2 Å². The molecule has 0 aromatic heterocycles. The molecular formula is C11H10Br2O2. The Morgan fingerprint density at radius 2 is 1.33 bits per heavy atom. The first kappa shape index (κ1) is 8.06. The van der Waals surface area contributed by atoms with E-state index in [1.54, 1.807) is 0 Å². The quantitative estimate of drug-likeness (QED) is 0.629. The number of hydrogen-bond donors (Lipinski definition) is 0. The number of hydrogen-bond acceptors (Lipinski definition) is 2. The van der Waals surface area contributed by atoms with Crippen molar-refractivity contribution in [3.63, 3.8) is 0 Å². The average molecular weight is 334 g/mol. The first-order valence-electron chi connectivity index (χ1n) is 5.85. The van der Waals surface area contributed by atoms with E-state index in [2.05, 4.69) is 31.9 Å². The highest BCUT2D eigenvalue weighted by molar-refractivity contribution is 9.10. The van der Waals surface area contributed by atoms with Crippen molar-refractivity contribution >= 4 is 31.9 Å². The summed E-state index contributed by atoms with van der Waals surface area (Å²) in [4.78, 5) is 0. The maximum absolute atomic E-state index is 6.06. The Hall–Kier alpha value is 0.880. The van der Waals surface area contributed by atoms with Gasteiger partial charge in [0.05, 0.1) is 17.5 Å². The molecule has 2 nitrogen and oxygen atoms in total. The molecule has 0 aromatic carbocycles. The fraction of sp³-hybridized carbons (Fsp3) is 1.00. The zero-order valence-electron chi connectivity index (χ0n) is 7.95. The van der Waals surface area contributed by atoms with Gasteiger partial charge in [-0.1, -0.05) is 31.9 Å². The van der Waals surface area contributed by atoms with Crippen LogP contribution in [-0.4, -0.2) is 27.6 Å². The highest BCUT2D eigenvalue weighted by Gasteiger charge is 3.08. The van der Waals surface area contributed by atoms with E-state index in [-0.39, 0.29) is 10.1 Å². The third kappa shape index (κ3) is 0.397. The SMILES string of the molecule is BrC12C3[C@H]4[C@H]1C1[C@@H]2[C@H]3C4(Br)C12OCCO2. The second-order valence-corrected chi connectivity index (χ2v) is 8.80. The summed E-state index contributed by atoms with van der Waals surface area (Å²) in [6.07, 6.45) is 0. The number of rotatable bonds is 0. The van der Waals surface area contributed by atoms with Crippen LogP contribution < -0.4 is 0 Å². The predicted octanol–water partition coefficient (Wildman–Crippen LogP) is 1.76. The van der Waals surface area contributed by atoms with Crippen molar-refractivity contribution in [3.05, 3.63) is 0 Å². The number of alkyl halides is 2. The summed E-state index contributed by atoms with van der Waals surface area (Å²) < 4.78 is 12.9. The number of halogens is 2. The molecule has 6 aliphatic carbocycles. The highest BCUT2D eigenvalue weighted by atomic mass is 79.9. The minimum absolute atomic E-state index is 0.205. The standard InChI is InChI=1S/C11H10Br2O2/c12-9-3-6-4(9)8-5(9)7(3)10(6,13)11(8)14-1-2-15-11/h3-8H,1-2H2/t3?,4-,5-,6-,7-,8?,9?,10?/m0/s1. The third-order valence-corrected chi connectivity index (χ3v) is 9.71. The largest absolute Gasteiger partial charge is 0.346 e. The molecule has 0 aromatic rings. The lowest BCUT2D eigenvalue weighted by molar-refractivity contribution is -0.337. The summed E-state index contributed by atoms with van der Waals surface area (Å²) in [6, 6.07) is 0. The molecule has 0 amide bonds. The van der Waals surface area contributed by atoms with E-state index in [4.69, 9.17) is 9.47 Å². The van der Waals surface area contributed by atoms with Gasteiger partial charge in [-0.15, -0.1) is 0 Å². The van der Waals surface area contributed by atoms with E-state index < -0.39 is 0 Å². The van der Waals surface area contributed by atoms with Crippen molar-refractivity contribution < 1.29 is 9.47 Å². The van der Waals surface area contributed by atoms with Gasteiger partial charge in [0.25, 0.3) is 0 Å². The maximum Gasteiger partial charge on any atom is 0.187 e. The fourth-order valence-electron chi connectivity index (χ4n) is 6.49. The van der Waals surface area contributed by atoms with Crippen LogP contribution in [-0.2, 0) is 9.47 Å². The molecule has 1 saturated heterocycles. The molecule has 6 saturated carbocycles. The number of ether oxygens (including phenoxy) is 2. The van der Waals surface area contributed by atoms with Gasteiger partial charge in [0.1, 0.15) is 0 Å². The third-order valence-electron chi connectivity index (χ3n) is 6.51. The lowest BCUT2D eigenvalue weighted by Gasteiger charge is -2.89. The summed E-state index contributed by atoms with van der Waals surface area (Å²) >= 11 is 8.02. The zero-order valence-corrected chi connectivity index (χ0v) is 11.1. The Balaban J connectivity index is 1.65. The van der Waals surface area contributed by atoms with Gasteiger partial charge >= 0.3 is 0 Å². The van der Waals surface area contributed by atoms with Crippen molar-refractivity contribution in [1.82, 2.24) is 0 Å². The molecule has 4 atom stereocenters. The molecule has 1 spiro atoms. The minimum atomic E-state index is -0.220. The molecule has 1 heterocycles. The van der Waals surface area contributed by atoms with Crippen molar-refractivity contribution in [2.75, 3.05) is 13.2 Å². The van der Waals surface area contributed by atoms with Crippen LogP contribution in [0.15, 0.2) is 0 Å². The van der Waals surface area contributed by atoms with Crippen molar-refractivity contribution in [1.29, 1.82) is 0 Å². The molecule has 4 heteroatoms. The van der Waals surface area contributed by atoms with E-state index in [9.17, 15) is 0 Å². The van der Waals surface area contributed by atoms with Crippen LogP contribution in [0, 0.1) is 35.5 Å². The first-order valence-corrected chi connectivity index (χ1v) is 7.43. The Labute approximate surface area is 104 Å². The normalized spacial score (nSPS) is 82.0. The summed E-state index contributed by atoms with van der Waals surface area (Å²) in [5.41, 5.74) is 0. The highest BCUT2D eigenvalue weighted by Crippen LogP contribution is 3.03. The van der Waals surface area contributed by atoms with Crippen molar-refractivity contribution in [2.24, 2.45) is 35.5 Å². The van der Waals surface area contributed by atoms with E-state index in [0.717, 1.165) is 42.8 Å². The van der Waals surface area contributed by atoms with Crippen LogP contribution in [0.3, 0.4) is 0 Å². The summed E-state index contributed by atoms with van der Waals surface area (Å²) in [6.45, 7) is 1.59. The van der Waals surface area contributed by atoms with Crippen molar-refractivity contribution in [3.8, 4) is 0 Å². The molecule has 0 N–H and O–H groups in total. The molecule has 1 aliphatic heterocycles. The van der Waals surface area contributed by atoms with E-state index >= 15 is 0 Å². The first-order chi connectivity index (χ1) is 7.19. The Bertz CT molecular complexity index is 410. The molecule has 0 unspecified atom stereocenters. The summed E-state index contributed by atoms with van der Waals surface area (Å²) in [5, 5.41) is 0. The second-order valence-electron chi connectivity index (χ2n) is 6.11. The molecule has 80 valence electrons. The average Bonchev–Trinajstić information content (AvgIpc) is 2.78. The van der Waals surface area contributed by atoms with Gasteiger partial charge in [-0.2, -0.15) is 0 Å². The van der Waals surface area contributed by atoms with Crippen LogP contribution in [0.25, 0.3) is 0 Å². The monoisotopic (exact) mass is 332 g/mol. The van der Waals surface area contributed by atoms with Crippen LogP contribution in [0.4, 0.5) is 0 Å². The lowest BCUT2D eigenvalue weighted by Crippen LogP contribution is -2.93. The zero-order chi connectivity index (χ0) is 9.79. The molecule has 7 rings (SSSR count). The molecule has 2 bridgehead atoms. The van der Waals surface area contributed by atoms with Crippen LogP contribution >= 0.6 is 31.9 Å². The Morgan fingerprint density at radius 1 is 0.800 bits per heavy atom. The van der Waals surface area contributed by atoms with Gasteiger partial charge in [0.15, 0.2) is 5.79 Å².